The summed E-state index contributed by atoms with van der Waals surface area (Å²) in [6.45, 7) is 2.11. The first-order valence-electron chi connectivity index (χ1n) is 9.68. The molecule has 2 amide bonds. The van der Waals surface area contributed by atoms with E-state index in [4.69, 9.17) is 27.9 Å². The van der Waals surface area contributed by atoms with Gasteiger partial charge in [0.05, 0.1) is 5.02 Å². The fraction of sp³-hybridized carbons (Fsp3) is 0.333. The van der Waals surface area contributed by atoms with Crippen LogP contribution in [0.25, 0.3) is 0 Å². The van der Waals surface area contributed by atoms with Crippen molar-refractivity contribution in [3.8, 4) is 5.75 Å². The van der Waals surface area contributed by atoms with Crippen molar-refractivity contribution < 1.29 is 27.5 Å². The topological polar surface area (TPSA) is 61.9 Å². The summed E-state index contributed by atoms with van der Waals surface area (Å²) in [6.07, 6.45) is -5.69. The molecule has 1 heterocycles. The summed E-state index contributed by atoms with van der Waals surface area (Å²) in [7, 11) is 0. The van der Waals surface area contributed by atoms with Gasteiger partial charge in [-0.15, -0.1) is 0 Å². The van der Waals surface area contributed by atoms with Gasteiger partial charge in [-0.2, -0.15) is 13.2 Å². The van der Waals surface area contributed by atoms with Gasteiger partial charge in [-0.25, -0.2) is 0 Å². The van der Waals surface area contributed by atoms with Gasteiger partial charge in [0, 0.05) is 42.6 Å². The van der Waals surface area contributed by atoms with Crippen LogP contribution < -0.4 is 15.0 Å². The van der Waals surface area contributed by atoms with E-state index in [1.54, 1.807) is 43.3 Å². The molecule has 2 aromatic rings. The zero-order chi connectivity index (χ0) is 23.5. The molecule has 172 valence electrons. The van der Waals surface area contributed by atoms with Crippen molar-refractivity contribution >= 4 is 46.4 Å². The highest BCUT2D eigenvalue weighted by Gasteiger charge is 2.43. The normalized spacial score (nSPS) is 15.3. The van der Waals surface area contributed by atoms with E-state index < -0.39 is 18.2 Å². The number of hydrogen-bond acceptors (Lipinski definition) is 4. The van der Waals surface area contributed by atoms with Crippen LogP contribution in [0, 0.1) is 0 Å². The number of carbonyl (C=O) groups is 2. The minimum absolute atomic E-state index is 0.0149. The molecule has 0 spiro atoms. The highest BCUT2D eigenvalue weighted by atomic mass is 35.5. The van der Waals surface area contributed by atoms with E-state index in [9.17, 15) is 22.8 Å². The van der Waals surface area contributed by atoms with E-state index in [0.717, 1.165) is 10.6 Å². The van der Waals surface area contributed by atoms with Crippen LogP contribution in [0.5, 0.6) is 5.75 Å². The van der Waals surface area contributed by atoms with Crippen molar-refractivity contribution in [1.82, 2.24) is 4.90 Å². The fourth-order valence-electron chi connectivity index (χ4n) is 3.16. The molecule has 6 nitrogen and oxygen atoms in total. The minimum atomic E-state index is -4.86. The first-order chi connectivity index (χ1) is 15.0. The number of anilines is 2. The monoisotopic (exact) mass is 489 g/mol. The van der Waals surface area contributed by atoms with Crippen LogP contribution in [0.2, 0.25) is 10.0 Å². The molecule has 11 heteroatoms. The number of halogens is 5. The van der Waals surface area contributed by atoms with Gasteiger partial charge in [-0.05, 0) is 49.4 Å². The molecule has 0 radical (unpaired) electrons. The molecule has 32 heavy (non-hydrogen) atoms. The van der Waals surface area contributed by atoms with E-state index >= 15 is 0 Å². The quantitative estimate of drug-likeness (QED) is 0.665. The molecule has 2 aromatic carbocycles. The first kappa shape index (κ1) is 24.0. The number of nitrogens with one attached hydrogen (secondary N) is 1. The summed E-state index contributed by atoms with van der Waals surface area (Å²) in [6, 6.07) is 11.6. The molecule has 0 aromatic heterocycles. The van der Waals surface area contributed by atoms with Gasteiger partial charge >= 0.3 is 12.1 Å². The number of carbonyl (C=O) groups excluding carboxylic acids is 2. The van der Waals surface area contributed by atoms with Crippen molar-refractivity contribution in [3.05, 3.63) is 52.5 Å². The predicted octanol–water partition coefficient (Wildman–Crippen LogP) is 4.61. The van der Waals surface area contributed by atoms with E-state index in [1.807, 2.05) is 4.90 Å². The van der Waals surface area contributed by atoms with Crippen molar-refractivity contribution in [1.29, 1.82) is 0 Å². The summed E-state index contributed by atoms with van der Waals surface area (Å²) >= 11 is 11.9. The number of alkyl halides is 3. The second-order valence-electron chi connectivity index (χ2n) is 7.15. The number of benzene rings is 2. The SMILES string of the molecule is C[C@@H](Oc1ccc(Cl)cc1Cl)C(=O)Nc1ccc(N2CCN(C(=O)C(F)(F)F)CC2)cc1. The molecule has 1 saturated heterocycles. The Balaban J connectivity index is 1.53. The van der Waals surface area contributed by atoms with Crippen molar-refractivity contribution in [2.75, 3.05) is 36.4 Å². The van der Waals surface area contributed by atoms with Crippen LogP contribution in [-0.4, -0.2) is 55.2 Å². The summed E-state index contributed by atoms with van der Waals surface area (Å²) in [5, 5.41) is 3.47. The largest absolute Gasteiger partial charge is 0.479 e. The maximum absolute atomic E-state index is 12.6. The van der Waals surface area contributed by atoms with Crippen molar-refractivity contribution in [3.63, 3.8) is 0 Å². The Morgan fingerprint density at radius 2 is 1.66 bits per heavy atom. The molecular weight excluding hydrogens is 470 g/mol. The Kier molecular flexibility index (Phi) is 7.40. The van der Waals surface area contributed by atoms with E-state index in [-0.39, 0.29) is 32.1 Å². The predicted molar refractivity (Wildman–Crippen MR) is 116 cm³/mol. The van der Waals surface area contributed by atoms with Crippen LogP contribution in [0.4, 0.5) is 24.5 Å². The van der Waals surface area contributed by atoms with Crippen LogP contribution in [0.15, 0.2) is 42.5 Å². The van der Waals surface area contributed by atoms with E-state index in [1.165, 1.54) is 6.07 Å². The molecule has 0 aliphatic carbocycles. The maximum atomic E-state index is 12.6. The van der Waals surface area contributed by atoms with E-state index in [0.29, 0.717) is 21.5 Å². The Bertz CT molecular complexity index is 978. The van der Waals surface area contributed by atoms with E-state index in [2.05, 4.69) is 5.32 Å². The third-order valence-electron chi connectivity index (χ3n) is 4.88. The van der Waals surface area contributed by atoms with Crippen LogP contribution in [-0.2, 0) is 9.59 Å². The second-order valence-corrected chi connectivity index (χ2v) is 7.99. The molecule has 1 aliphatic heterocycles. The zero-order valence-electron chi connectivity index (χ0n) is 17.0. The van der Waals surface area contributed by atoms with Crippen molar-refractivity contribution in [2.45, 2.75) is 19.2 Å². The molecule has 1 aliphatic rings. The highest BCUT2D eigenvalue weighted by Crippen LogP contribution is 2.28. The molecule has 1 fully saturated rings. The lowest BCUT2D eigenvalue weighted by Gasteiger charge is -2.36. The maximum Gasteiger partial charge on any atom is 0.471 e. The fourth-order valence-corrected chi connectivity index (χ4v) is 3.61. The second kappa shape index (κ2) is 9.87. The number of hydrogen-bond donors (Lipinski definition) is 1. The van der Waals surface area contributed by atoms with Gasteiger partial charge in [0.15, 0.2) is 6.10 Å². The molecule has 1 atom stereocenters. The number of piperazine rings is 1. The molecular formula is C21H20Cl2F3N3O3. The molecule has 0 unspecified atom stereocenters. The smallest absolute Gasteiger partial charge is 0.471 e. The van der Waals surface area contributed by atoms with Crippen LogP contribution in [0.3, 0.4) is 0 Å². The number of nitrogens with zero attached hydrogens (tertiary/aromatic N) is 2. The van der Waals surface area contributed by atoms with Gasteiger partial charge in [0.25, 0.3) is 5.91 Å². The average Bonchev–Trinajstić information content (AvgIpc) is 2.75. The van der Waals surface area contributed by atoms with Crippen LogP contribution >= 0.6 is 23.2 Å². The molecule has 3 rings (SSSR count). The van der Waals surface area contributed by atoms with Crippen LogP contribution in [0.1, 0.15) is 6.92 Å². The Hall–Kier alpha value is -2.65. The molecule has 1 N–H and O–H groups in total. The lowest BCUT2D eigenvalue weighted by molar-refractivity contribution is -0.185. The number of amides is 2. The standard InChI is InChI=1S/C21H20Cl2F3N3O3/c1-13(32-18-7-2-14(22)12-17(18)23)19(30)27-15-3-5-16(6-4-15)28-8-10-29(11-9-28)20(31)21(24,25)26/h2-7,12-13H,8-11H2,1H3,(H,27,30)/t13-/m1/s1. The van der Waals surface area contributed by atoms with Gasteiger partial charge in [0.1, 0.15) is 5.75 Å². The molecule has 0 saturated carbocycles. The highest BCUT2D eigenvalue weighted by molar-refractivity contribution is 6.35. The van der Waals surface area contributed by atoms with Gasteiger partial charge in [-0.1, -0.05) is 23.2 Å². The third kappa shape index (κ3) is 5.98. The number of rotatable bonds is 5. The Labute approximate surface area is 192 Å². The third-order valence-corrected chi connectivity index (χ3v) is 5.41. The Morgan fingerprint density at radius 3 is 2.22 bits per heavy atom. The van der Waals surface area contributed by atoms with Gasteiger partial charge in [-0.3, -0.25) is 9.59 Å². The minimum Gasteiger partial charge on any atom is -0.479 e. The lowest BCUT2D eigenvalue weighted by atomic mass is 10.2. The average molecular weight is 490 g/mol. The summed E-state index contributed by atoms with van der Waals surface area (Å²) in [5.74, 6) is -1.87. The van der Waals surface area contributed by atoms with Gasteiger partial charge in [0.2, 0.25) is 0 Å². The van der Waals surface area contributed by atoms with Crippen molar-refractivity contribution in [2.24, 2.45) is 0 Å². The lowest BCUT2D eigenvalue weighted by Crippen LogP contribution is -2.52. The number of ether oxygens (including phenoxy) is 1. The molecule has 0 bridgehead atoms. The Morgan fingerprint density at radius 1 is 1.03 bits per heavy atom. The van der Waals surface area contributed by atoms with Gasteiger partial charge < -0.3 is 19.9 Å². The zero-order valence-corrected chi connectivity index (χ0v) is 18.5. The summed E-state index contributed by atoms with van der Waals surface area (Å²) in [5.41, 5.74) is 1.31. The summed E-state index contributed by atoms with van der Waals surface area (Å²) < 4.78 is 43.3. The first-order valence-corrected chi connectivity index (χ1v) is 10.4. The summed E-state index contributed by atoms with van der Waals surface area (Å²) in [4.78, 5) is 26.4.